The standard InChI is InChI=1S/C18H23NO/c1-2-7-13-12(6-1)16-14-8-5-11-20-18(14)17(13)19-10-4-3-9-15(16)19/h1-2,6-7,14-18H,3-5,8-11H2/t14-,15-,16+,17-,18-/m1/s1. The summed E-state index contributed by atoms with van der Waals surface area (Å²) in [7, 11) is 0. The summed E-state index contributed by atoms with van der Waals surface area (Å²) in [6.45, 7) is 2.26. The van der Waals surface area contributed by atoms with Gasteiger partial charge in [0.1, 0.15) is 0 Å². The minimum atomic E-state index is 0.470. The molecule has 2 nitrogen and oxygen atoms in total. The van der Waals surface area contributed by atoms with Gasteiger partial charge in [0.25, 0.3) is 0 Å². The first-order chi connectivity index (χ1) is 9.95. The van der Waals surface area contributed by atoms with Crippen LogP contribution in [-0.2, 0) is 4.74 Å². The molecule has 2 bridgehead atoms. The number of nitrogens with zero attached hydrogens (tertiary/aromatic N) is 1. The Morgan fingerprint density at radius 2 is 1.90 bits per heavy atom. The van der Waals surface area contributed by atoms with Gasteiger partial charge < -0.3 is 4.74 Å². The fourth-order valence-electron chi connectivity index (χ4n) is 5.60. The van der Waals surface area contributed by atoms with Gasteiger partial charge in [-0.05, 0) is 49.3 Å². The van der Waals surface area contributed by atoms with Crippen molar-refractivity contribution in [2.24, 2.45) is 5.92 Å². The molecule has 0 saturated carbocycles. The van der Waals surface area contributed by atoms with Gasteiger partial charge in [-0.1, -0.05) is 30.7 Å². The summed E-state index contributed by atoms with van der Waals surface area (Å²) in [5, 5.41) is 0. The predicted octanol–water partition coefficient (Wildman–Crippen LogP) is 3.49. The lowest BCUT2D eigenvalue weighted by atomic mass is 9.60. The summed E-state index contributed by atoms with van der Waals surface area (Å²) in [6.07, 6.45) is 7.31. The summed E-state index contributed by atoms with van der Waals surface area (Å²) in [4.78, 5) is 2.81. The largest absolute Gasteiger partial charge is 0.376 e. The van der Waals surface area contributed by atoms with Crippen molar-refractivity contribution in [1.82, 2.24) is 4.90 Å². The molecule has 1 aromatic carbocycles. The van der Waals surface area contributed by atoms with Gasteiger partial charge in [-0.2, -0.15) is 0 Å². The van der Waals surface area contributed by atoms with Crippen LogP contribution in [0.15, 0.2) is 24.3 Å². The summed E-state index contributed by atoms with van der Waals surface area (Å²) >= 11 is 0. The zero-order valence-electron chi connectivity index (χ0n) is 12.0. The van der Waals surface area contributed by atoms with E-state index in [-0.39, 0.29) is 0 Å². The third-order valence-electron chi connectivity index (χ3n) is 6.22. The number of ether oxygens (including phenoxy) is 1. The zero-order chi connectivity index (χ0) is 13.1. The number of piperidine rings is 2. The van der Waals surface area contributed by atoms with Gasteiger partial charge >= 0.3 is 0 Å². The zero-order valence-corrected chi connectivity index (χ0v) is 12.0. The number of hydrogen-bond donors (Lipinski definition) is 0. The SMILES string of the molecule is c1ccc2c(c1)[C@H]1[C@H]3CCCO[C@H]3[C@@H]2N2CCCC[C@H]12. The number of hydrogen-bond acceptors (Lipinski definition) is 2. The minimum absolute atomic E-state index is 0.470. The van der Waals surface area contributed by atoms with E-state index < -0.39 is 0 Å². The van der Waals surface area contributed by atoms with Crippen molar-refractivity contribution in [2.45, 2.75) is 56.2 Å². The lowest BCUT2D eigenvalue weighted by molar-refractivity contribution is -0.152. The Morgan fingerprint density at radius 3 is 2.85 bits per heavy atom. The van der Waals surface area contributed by atoms with Crippen LogP contribution in [0.25, 0.3) is 0 Å². The smallest absolute Gasteiger partial charge is 0.0806 e. The summed E-state index contributed by atoms with van der Waals surface area (Å²) in [5.74, 6) is 1.52. The van der Waals surface area contributed by atoms with Crippen LogP contribution in [0.4, 0.5) is 0 Å². The lowest BCUT2D eigenvalue weighted by Gasteiger charge is -2.61. The molecule has 0 aromatic heterocycles. The highest BCUT2D eigenvalue weighted by molar-refractivity contribution is 5.42. The molecule has 5 atom stereocenters. The minimum Gasteiger partial charge on any atom is -0.376 e. The molecular weight excluding hydrogens is 246 g/mol. The van der Waals surface area contributed by atoms with Crippen LogP contribution in [0.1, 0.15) is 55.2 Å². The van der Waals surface area contributed by atoms with E-state index in [1.165, 1.54) is 38.6 Å². The summed E-state index contributed by atoms with van der Waals surface area (Å²) in [5.41, 5.74) is 3.24. The van der Waals surface area contributed by atoms with E-state index in [9.17, 15) is 0 Å². The van der Waals surface area contributed by atoms with E-state index in [0.29, 0.717) is 12.1 Å². The molecular formula is C18H23NO. The first-order valence-electron chi connectivity index (χ1n) is 8.41. The average molecular weight is 269 g/mol. The molecule has 4 heterocycles. The molecule has 0 amide bonds. The molecule has 5 aliphatic rings. The van der Waals surface area contributed by atoms with Crippen molar-refractivity contribution in [3.63, 3.8) is 0 Å². The van der Waals surface area contributed by atoms with Crippen LogP contribution in [-0.4, -0.2) is 30.2 Å². The highest BCUT2D eigenvalue weighted by Gasteiger charge is 2.56. The maximum atomic E-state index is 6.28. The van der Waals surface area contributed by atoms with E-state index in [1.807, 2.05) is 0 Å². The Bertz CT molecular complexity index is 457. The first-order valence-corrected chi connectivity index (χ1v) is 8.41. The van der Waals surface area contributed by atoms with Crippen LogP contribution >= 0.6 is 0 Å². The molecule has 3 fully saturated rings. The van der Waals surface area contributed by atoms with Crippen LogP contribution in [0.3, 0.4) is 0 Å². The highest BCUT2D eigenvalue weighted by atomic mass is 16.5. The van der Waals surface area contributed by atoms with E-state index in [2.05, 4.69) is 29.2 Å². The van der Waals surface area contributed by atoms with Crippen molar-refractivity contribution in [1.29, 1.82) is 0 Å². The van der Waals surface area contributed by atoms with Gasteiger partial charge in [0.15, 0.2) is 0 Å². The van der Waals surface area contributed by atoms with Gasteiger partial charge in [-0.15, -0.1) is 0 Å². The normalized spacial score (nSPS) is 42.7. The van der Waals surface area contributed by atoms with Crippen LogP contribution in [0.2, 0.25) is 0 Å². The second kappa shape index (κ2) is 4.32. The number of benzene rings is 1. The van der Waals surface area contributed by atoms with Crippen molar-refractivity contribution in [3.8, 4) is 0 Å². The Balaban J connectivity index is 1.69. The molecule has 0 unspecified atom stereocenters. The Labute approximate surface area is 121 Å². The van der Waals surface area contributed by atoms with Crippen molar-refractivity contribution < 1.29 is 4.74 Å². The second-order valence-electron chi connectivity index (χ2n) is 7.04. The van der Waals surface area contributed by atoms with E-state index in [1.54, 1.807) is 11.1 Å². The average Bonchev–Trinajstić information content (AvgIpc) is 2.54. The molecule has 1 aliphatic carbocycles. The van der Waals surface area contributed by atoms with Crippen molar-refractivity contribution in [2.75, 3.05) is 13.2 Å². The van der Waals surface area contributed by atoms with Crippen LogP contribution < -0.4 is 0 Å². The topological polar surface area (TPSA) is 12.5 Å². The maximum Gasteiger partial charge on any atom is 0.0806 e. The fourth-order valence-corrected chi connectivity index (χ4v) is 5.60. The van der Waals surface area contributed by atoms with Gasteiger partial charge in [0.05, 0.1) is 12.1 Å². The van der Waals surface area contributed by atoms with Crippen molar-refractivity contribution in [3.05, 3.63) is 35.4 Å². The molecule has 0 radical (unpaired) electrons. The summed E-state index contributed by atoms with van der Waals surface area (Å²) in [6, 6.07) is 10.6. The highest BCUT2D eigenvalue weighted by Crippen LogP contribution is 2.58. The first kappa shape index (κ1) is 11.8. The van der Waals surface area contributed by atoms with E-state index in [4.69, 9.17) is 4.74 Å². The molecule has 20 heavy (non-hydrogen) atoms. The molecule has 3 saturated heterocycles. The monoisotopic (exact) mass is 269 g/mol. The fraction of sp³-hybridized carbons (Fsp3) is 0.667. The molecule has 4 aliphatic heterocycles. The van der Waals surface area contributed by atoms with Gasteiger partial charge in [-0.25, -0.2) is 0 Å². The van der Waals surface area contributed by atoms with E-state index >= 15 is 0 Å². The third-order valence-corrected chi connectivity index (χ3v) is 6.22. The van der Waals surface area contributed by atoms with Gasteiger partial charge in [0.2, 0.25) is 0 Å². The van der Waals surface area contributed by atoms with Gasteiger partial charge in [0, 0.05) is 18.6 Å². The van der Waals surface area contributed by atoms with Crippen molar-refractivity contribution >= 4 is 0 Å². The predicted molar refractivity (Wildman–Crippen MR) is 78.7 cm³/mol. The molecule has 106 valence electrons. The van der Waals surface area contributed by atoms with Gasteiger partial charge in [-0.3, -0.25) is 4.90 Å². The molecule has 2 heteroatoms. The molecule has 0 N–H and O–H groups in total. The number of rotatable bonds is 0. The Hall–Kier alpha value is -0.860. The molecule has 6 rings (SSSR count). The Kier molecular flexibility index (Phi) is 2.54. The van der Waals surface area contributed by atoms with Crippen LogP contribution in [0.5, 0.6) is 0 Å². The maximum absolute atomic E-state index is 6.28. The van der Waals surface area contributed by atoms with E-state index in [0.717, 1.165) is 24.5 Å². The lowest BCUT2D eigenvalue weighted by Crippen LogP contribution is -2.62. The quantitative estimate of drug-likeness (QED) is 0.715. The second-order valence-corrected chi connectivity index (χ2v) is 7.04. The van der Waals surface area contributed by atoms with Crippen LogP contribution in [0, 0.1) is 5.92 Å². The molecule has 1 aromatic rings. The Morgan fingerprint density at radius 1 is 1.00 bits per heavy atom. The molecule has 0 spiro atoms. The summed E-state index contributed by atoms with van der Waals surface area (Å²) < 4.78 is 6.28. The third kappa shape index (κ3) is 1.42.